The van der Waals surface area contributed by atoms with Crippen molar-refractivity contribution < 1.29 is 0 Å². The van der Waals surface area contributed by atoms with Crippen molar-refractivity contribution in [3.8, 4) is 0 Å². The van der Waals surface area contributed by atoms with Gasteiger partial charge < -0.3 is 0 Å². The zero-order valence-corrected chi connectivity index (χ0v) is 13.4. The van der Waals surface area contributed by atoms with Crippen molar-refractivity contribution in [2.75, 3.05) is 0 Å². The fraction of sp³-hybridized carbons (Fsp3) is 0.273. The molecule has 0 aromatic heterocycles. The lowest BCUT2D eigenvalue weighted by atomic mass is 10.2. The third-order valence-corrected chi connectivity index (χ3v) is 8.26. The van der Waals surface area contributed by atoms with Crippen LogP contribution in [0.25, 0.3) is 6.08 Å². The van der Waals surface area contributed by atoms with Gasteiger partial charge in [0.05, 0.1) is 8.07 Å². The third-order valence-electron chi connectivity index (χ3n) is 1.90. The Morgan fingerprint density at radius 2 is 1.86 bits per heavy atom. The average molecular weight is 381 g/mol. The zero-order chi connectivity index (χ0) is 10.8. The van der Waals surface area contributed by atoms with Gasteiger partial charge in [0.25, 0.3) is 0 Å². The fourth-order valence-electron chi connectivity index (χ4n) is 0.945. The summed E-state index contributed by atoms with van der Waals surface area (Å²) in [7, 11) is -1.19. The van der Waals surface area contributed by atoms with E-state index in [0.29, 0.717) is 0 Å². The Morgan fingerprint density at radius 3 is 2.36 bits per heavy atom. The van der Waals surface area contributed by atoms with E-state index in [1.165, 1.54) is 13.2 Å². The van der Waals surface area contributed by atoms with Crippen molar-refractivity contribution >= 4 is 52.7 Å². The summed E-state index contributed by atoms with van der Waals surface area (Å²) in [5.41, 5.74) is 1.31. The summed E-state index contributed by atoms with van der Waals surface area (Å²) in [5, 5.41) is 0. The summed E-state index contributed by atoms with van der Waals surface area (Å²) in [6.45, 7) is 7.01. The lowest BCUT2D eigenvalue weighted by Gasteiger charge is -2.15. The van der Waals surface area contributed by atoms with E-state index >= 15 is 0 Å². The Morgan fingerprint density at radius 1 is 1.29 bits per heavy atom. The summed E-state index contributed by atoms with van der Waals surface area (Å²) < 4.78 is 2.68. The molecule has 1 rings (SSSR count). The van der Waals surface area contributed by atoms with Crippen molar-refractivity contribution in [3.63, 3.8) is 0 Å². The third kappa shape index (κ3) is 3.51. The van der Waals surface area contributed by atoms with Gasteiger partial charge in [-0.15, -0.1) is 0 Å². The summed E-state index contributed by atoms with van der Waals surface area (Å²) >= 11 is 6.06. The monoisotopic (exact) mass is 380 g/mol. The molecule has 0 aliphatic heterocycles. The first kappa shape index (κ1) is 12.5. The molecule has 0 amide bonds. The van der Waals surface area contributed by atoms with E-state index in [-0.39, 0.29) is 0 Å². The van der Waals surface area contributed by atoms with Crippen LogP contribution in [0.1, 0.15) is 5.56 Å². The predicted molar refractivity (Wildman–Crippen MR) is 79.4 cm³/mol. The maximum atomic E-state index is 3.69. The highest BCUT2D eigenvalue weighted by molar-refractivity contribution is 14.1. The molecule has 0 heterocycles. The molecule has 1 aromatic carbocycles. The summed E-state index contributed by atoms with van der Waals surface area (Å²) in [6, 6.07) is 8.44. The lowest BCUT2D eigenvalue weighted by molar-refractivity contribution is 1.59. The van der Waals surface area contributed by atoms with Crippen molar-refractivity contribution in [1.29, 1.82) is 0 Å². The smallest absolute Gasteiger partial charge is 0.0651 e. The van der Waals surface area contributed by atoms with Gasteiger partial charge >= 0.3 is 0 Å². The van der Waals surface area contributed by atoms with Crippen LogP contribution in [0.15, 0.2) is 28.4 Å². The normalized spacial score (nSPS) is 13.1. The Balaban J connectivity index is 3.04. The molecule has 0 nitrogen and oxygen atoms in total. The minimum atomic E-state index is -1.19. The summed E-state index contributed by atoms with van der Waals surface area (Å²) in [4.78, 5) is 0. The highest BCUT2D eigenvalue weighted by atomic mass is 127. The molecule has 14 heavy (non-hydrogen) atoms. The SMILES string of the molecule is C[Si](C)(C)/C(Br)=C/c1ccccc1I. The number of halogens is 2. The molecule has 0 bridgehead atoms. The second kappa shape index (κ2) is 4.94. The van der Waals surface area contributed by atoms with Gasteiger partial charge in [0, 0.05) is 3.57 Å². The first-order valence-corrected chi connectivity index (χ1v) is 9.90. The van der Waals surface area contributed by atoms with Gasteiger partial charge in [-0.1, -0.05) is 53.8 Å². The molecule has 0 radical (unpaired) electrons. The van der Waals surface area contributed by atoms with Crippen LogP contribution in [-0.4, -0.2) is 8.07 Å². The predicted octanol–water partition coefficient (Wildman–Crippen LogP) is 4.90. The molecule has 0 aliphatic rings. The first-order chi connectivity index (χ1) is 6.41. The Kier molecular flexibility index (Phi) is 4.40. The second-order valence-electron chi connectivity index (χ2n) is 4.26. The largest absolute Gasteiger partial charge is 0.0865 e. The molecule has 0 aliphatic carbocycles. The van der Waals surface area contributed by atoms with E-state index in [9.17, 15) is 0 Å². The zero-order valence-electron chi connectivity index (χ0n) is 8.64. The van der Waals surface area contributed by atoms with E-state index in [1.54, 1.807) is 0 Å². The summed E-state index contributed by atoms with van der Waals surface area (Å²) in [6.07, 6.45) is 2.26. The minimum absolute atomic E-state index is 1.19. The van der Waals surface area contributed by atoms with Crippen LogP contribution in [0.2, 0.25) is 19.6 Å². The van der Waals surface area contributed by atoms with Crippen LogP contribution in [0.5, 0.6) is 0 Å². The van der Waals surface area contributed by atoms with Gasteiger partial charge in [-0.3, -0.25) is 0 Å². The molecule has 0 atom stereocenters. The van der Waals surface area contributed by atoms with Gasteiger partial charge in [0.15, 0.2) is 0 Å². The molecule has 76 valence electrons. The molecule has 1 aromatic rings. The summed E-state index contributed by atoms with van der Waals surface area (Å²) in [5.74, 6) is 0. The van der Waals surface area contributed by atoms with Crippen LogP contribution in [0.3, 0.4) is 0 Å². The number of benzene rings is 1. The van der Waals surface area contributed by atoms with E-state index in [1.807, 2.05) is 0 Å². The Labute approximate surface area is 109 Å². The molecule has 0 unspecified atom stereocenters. The van der Waals surface area contributed by atoms with Crippen LogP contribution in [0, 0.1) is 3.57 Å². The quantitative estimate of drug-likeness (QED) is 0.505. The topological polar surface area (TPSA) is 0 Å². The van der Waals surface area contributed by atoms with Crippen molar-refractivity contribution in [2.24, 2.45) is 0 Å². The van der Waals surface area contributed by atoms with Gasteiger partial charge in [-0.25, -0.2) is 0 Å². The van der Waals surface area contributed by atoms with Gasteiger partial charge in [-0.2, -0.15) is 0 Å². The van der Waals surface area contributed by atoms with Crippen LogP contribution >= 0.6 is 38.5 Å². The van der Waals surface area contributed by atoms with Gasteiger partial charge in [0.1, 0.15) is 0 Å². The standard InChI is InChI=1S/C11H14BrISi/c1-14(2,3)11(12)8-9-6-4-5-7-10(9)13/h4-8H,1-3H3/b11-8+. The van der Waals surface area contributed by atoms with E-state index < -0.39 is 8.07 Å². The van der Waals surface area contributed by atoms with E-state index in [4.69, 9.17) is 0 Å². The second-order valence-corrected chi connectivity index (χ2v) is 12.1. The average Bonchev–Trinajstić information content (AvgIpc) is 2.07. The molecule has 0 N–H and O–H groups in total. The minimum Gasteiger partial charge on any atom is -0.0651 e. The Bertz CT molecular complexity index is 353. The number of hydrogen-bond donors (Lipinski definition) is 0. The van der Waals surface area contributed by atoms with Crippen LogP contribution in [-0.2, 0) is 0 Å². The van der Waals surface area contributed by atoms with E-state index in [0.717, 1.165) is 0 Å². The van der Waals surface area contributed by atoms with E-state index in [2.05, 4.69) is 88.5 Å². The van der Waals surface area contributed by atoms with Gasteiger partial charge in [0.2, 0.25) is 0 Å². The highest BCUT2D eigenvalue weighted by Crippen LogP contribution is 2.25. The molecule has 0 spiro atoms. The first-order valence-electron chi connectivity index (χ1n) is 4.53. The maximum absolute atomic E-state index is 3.69. The lowest BCUT2D eigenvalue weighted by Crippen LogP contribution is -2.20. The van der Waals surface area contributed by atoms with Crippen molar-refractivity contribution in [2.45, 2.75) is 19.6 Å². The van der Waals surface area contributed by atoms with Crippen molar-refractivity contribution in [3.05, 3.63) is 37.5 Å². The molecule has 0 saturated heterocycles. The fourth-order valence-corrected chi connectivity index (χ4v) is 2.32. The Hall–Kier alpha value is 0.387. The molecule has 0 saturated carbocycles. The van der Waals surface area contributed by atoms with Crippen LogP contribution in [0.4, 0.5) is 0 Å². The van der Waals surface area contributed by atoms with Crippen LogP contribution < -0.4 is 0 Å². The molecule has 0 fully saturated rings. The maximum Gasteiger partial charge on any atom is 0.0865 e. The molecule has 3 heteroatoms. The van der Waals surface area contributed by atoms with Gasteiger partial charge in [-0.05, 0) is 44.4 Å². The molecular weight excluding hydrogens is 367 g/mol. The number of hydrogen-bond acceptors (Lipinski definition) is 0. The molecular formula is C11H14BrISi. The van der Waals surface area contributed by atoms with Crippen molar-refractivity contribution in [1.82, 2.24) is 0 Å². The number of rotatable bonds is 2. The highest BCUT2D eigenvalue weighted by Gasteiger charge is 2.17.